The van der Waals surface area contributed by atoms with Gasteiger partial charge in [-0.05, 0) is 50.3 Å². The van der Waals surface area contributed by atoms with Gasteiger partial charge < -0.3 is 15.1 Å². The number of alkyl halides is 3. The van der Waals surface area contributed by atoms with Crippen molar-refractivity contribution >= 4 is 57.2 Å². The van der Waals surface area contributed by atoms with Gasteiger partial charge in [-0.2, -0.15) is 13.2 Å². The van der Waals surface area contributed by atoms with Crippen LogP contribution < -0.4 is 33.5 Å². The summed E-state index contributed by atoms with van der Waals surface area (Å²) >= 11 is 0. The summed E-state index contributed by atoms with van der Waals surface area (Å²) in [6.45, 7) is 7.31. The zero-order valence-corrected chi connectivity index (χ0v) is 22.8. The zero-order valence-electron chi connectivity index (χ0n) is 22.8. The Hall–Kier alpha value is -3.88. The van der Waals surface area contributed by atoms with Crippen LogP contribution in [-0.4, -0.2) is 27.0 Å². The van der Waals surface area contributed by atoms with Crippen LogP contribution in [0.1, 0.15) is 11.1 Å². The number of hydrogen-bond donors (Lipinski definition) is 2. The van der Waals surface area contributed by atoms with E-state index in [1.165, 1.54) is 12.1 Å². The minimum atomic E-state index is -4.43. The molecular formula is C32H31B2F3N2O2. The fourth-order valence-corrected chi connectivity index (χ4v) is 5.19. The lowest BCUT2D eigenvalue weighted by Gasteiger charge is -2.24. The Morgan fingerprint density at radius 3 is 1.51 bits per heavy atom. The normalized spacial score (nSPS) is 11.3. The summed E-state index contributed by atoms with van der Waals surface area (Å²) in [6, 6.07) is 28.9. The zero-order chi connectivity index (χ0) is 29.6. The third-order valence-electron chi connectivity index (χ3n) is 7.00. The van der Waals surface area contributed by atoms with Crippen molar-refractivity contribution in [3.63, 3.8) is 0 Å². The largest absolute Gasteiger partial charge is 0.426 e. The quantitative estimate of drug-likeness (QED) is 0.131. The molecule has 0 aromatic heterocycles. The maximum Gasteiger partial charge on any atom is 0.416 e. The van der Waals surface area contributed by atoms with Gasteiger partial charge in [-0.15, -0.1) is 13.2 Å². The van der Waals surface area contributed by atoms with Crippen molar-refractivity contribution < 1.29 is 22.6 Å². The Morgan fingerprint density at radius 2 is 1.10 bits per heavy atom. The Kier molecular flexibility index (Phi) is 9.68. The van der Waals surface area contributed by atoms with Gasteiger partial charge in [-0.25, -0.2) is 5.90 Å². The van der Waals surface area contributed by atoms with E-state index in [-0.39, 0.29) is 13.2 Å². The van der Waals surface area contributed by atoms with E-state index in [1.807, 2.05) is 79.7 Å². The summed E-state index contributed by atoms with van der Waals surface area (Å²) in [6.07, 6.45) is -4.43. The highest BCUT2D eigenvalue weighted by atomic mass is 19.4. The molecule has 0 saturated heterocycles. The van der Waals surface area contributed by atoms with Crippen molar-refractivity contribution in [1.82, 2.24) is 0 Å². The van der Waals surface area contributed by atoms with Gasteiger partial charge in [0.15, 0.2) is 0 Å². The SMILES string of the molecule is C=C.Cc1ccc(B(ON)c2c3ccccc3c(B(OCCN)c3ccc(C(F)(F)F)cc3)c3ccccc23)cc1. The molecule has 0 unspecified atom stereocenters. The number of rotatable bonds is 8. The van der Waals surface area contributed by atoms with E-state index in [1.54, 1.807) is 0 Å². The van der Waals surface area contributed by atoms with Crippen LogP contribution in [0, 0.1) is 6.92 Å². The molecule has 41 heavy (non-hydrogen) atoms. The van der Waals surface area contributed by atoms with Gasteiger partial charge in [0.05, 0.1) is 5.56 Å². The Morgan fingerprint density at radius 1 is 0.683 bits per heavy atom. The van der Waals surface area contributed by atoms with E-state index >= 15 is 0 Å². The summed E-state index contributed by atoms with van der Waals surface area (Å²) in [5.41, 5.74) is 9.46. The number of hydrogen-bond acceptors (Lipinski definition) is 4. The van der Waals surface area contributed by atoms with Gasteiger partial charge in [-0.1, -0.05) is 103 Å². The van der Waals surface area contributed by atoms with Crippen LogP contribution in [0.25, 0.3) is 21.5 Å². The summed E-state index contributed by atoms with van der Waals surface area (Å²) < 4.78 is 51.8. The summed E-state index contributed by atoms with van der Waals surface area (Å²) in [5.74, 6) is 5.93. The first-order valence-electron chi connectivity index (χ1n) is 13.2. The second-order valence-electron chi connectivity index (χ2n) is 9.50. The van der Waals surface area contributed by atoms with Crippen LogP contribution in [0.5, 0.6) is 0 Å². The average Bonchev–Trinajstić information content (AvgIpc) is 3.00. The lowest BCUT2D eigenvalue weighted by atomic mass is 9.49. The molecule has 208 valence electrons. The van der Waals surface area contributed by atoms with Gasteiger partial charge in [-0.3, -0.25) is 0 Å². The summed E-state index contributed by atoms with van der Waals surface area (Å²) in [5, 5.41) is 3.61. The fourth-order valence-electron chi connectivity index (χ4n) is 5.19. The van der Waals surface area contributed by atoms with Crippen molar-refractivity contribution in [2.24, 2.45) is 11.6 Å². The van der Waals surface area contributed by atoms with Gasteiger partial charge in [0.2, 0.25) is 0 Å². The number of fused-ring (bicyclic) bond motifs is 2. The molecule has 0 spiro atoms. The van der Waals surface area contributed by atoms with Crippen LogP contribution in [-0.2, 0) is 15.6 Å². The highest BCUT2D eigenvalue weighted by molar-refractivity contribution is 6.87. The molecule has 5 aromatic carbocycles. The van der Waals surface area contributed by atoms with Gasteiger partial charge in [0.25, 0.3) is 0 Å². The lowest BCUT2D eigenvalue weighted by Crippen LogP contribution is -2.50. The van der Waals surface area contributed by atoms with Crippen molar-refractivity contribution in [3.05, 3.63) is 121 Å². The minimum Gasteiger partial charge on any atom is -0.426 e. The van der Waals surface area contributed by atoms with Gasteiger partial charge in [0, 0.05) is 13.2 Å². The lowest BCUT2D eigenvalue weighted by molar-refractivity contribution is -0.137. The van der Waals surface area contributed by atoms with E-state index in [4.69, 9.17) is 21.0 Å². The number of nitrogens with two attached hydrogens (primary N) is 2. The second-order valence-corrected chi connectivity index (χ2v) is 9.50. The molecule has 4 nitrogen and oxygen atoms in total. The Bertz CT molecular complexity index is 1550. The molecule has 0 heterocycles. The smallest absolute Gasteiger partial charge is 0.416 e. The topological polar surface area (TPSA) is 70.5 Å². The Balaban J connectivity index is 0.00000189. The standard InChI is InChI=1S/C30H27B2F3N2O2.C2H4/c1-20-10-14-23(15-11-20)32(39-37)29-26-8-4-2-6-24(26)28(25-7-3-5-9-27(25)29)31(38-19-18-36)22-16-12-21(13-17-22)30(33,34)35;1-2/h2-17H,18-19,36-37H2,1H3;1-2H2. The third-order valence-corrected chi connectivity index (χ3v) is 7.00. The molecular weight excluding hydrogens is 523 g/mol. The molecule has 0 aliphatic rings. The molecule has 0 aliphatic heterocycles. The highest BCUT2D eigenvalue weighted by Crippen LogP contribution is 2.28. The van der Waals surface area contributed by atoms with Crippen molar-refractivity contribution in [3.8, 4) is 0 Å². The molecule has 5 aromatic rings. The van der Waals surface area contributed by atoms with E-state index in [0.29, 0.717) is 5.46 Å². The second kappa shape index (κ2) is 13.2. The van der Waals surface area contributed by atoms with E-state index in [9.17, 15) is 13.2 Å². The van der Waals surface area contributed by atoms with E-state index in [0.717, 1.165) is 55.6 Å². The maximum absolute atomic E-state index is 13.3. The molecule has 0 saturated carbocycles. The van der Waals surface area contributed by atoms with E-state index < -0.39 is 25.6 Å². The van der Waals surface area contributed by atoms with Crippen molar-refractivity contribution in [1.29, 1.82) is 0 Å². The number of aryl methyl sites for hydroxylation is 1. The molecule has 9 heteroatoms. The molecule has 0 amide bonds. The Labute approximate surface area is 238 Å². The van der Waals surface area contributed by atoms with E-state index in [2.05, 4.69) is 13.2 Å². The van der Waals surface area contributed by atoms with Crippen molar-refractivity contribution in [2.75, 3.05) is 13.2 Å². The molecule has 0 bridgehead atoms. The number of halogens is 3. The van der Waals surface area contributed by atoms with Crippen LogP contribution in [0.15, 0.2) is 110 Å². The molecule has 0 fully saturated rings. The van der Waals surface area contributed by atoms with Crippen molar-refractivity contribution in [2.45, 2.75) is 13.1 Å². The summed E-state index contributed by atoms with van der Waals surface area (Å²) in [4.78, 5) is 0. The molecule has 0 atom stereocenters. The van der Waals surface area contributed by atoms with Gasteiger partial charge in [0.1, 0.15) is 0 Å². The van der Waals surface area contributed by atoms with Crippen LogP contribution in [0.2, 0.25) is 0 Å². The predicted molar refractivity (Wildman–Crippen MR) is 166 cm³/mol. The highest BCUT2D eigenvalue weighted by Gasteiger charge is 2.34. The minimum absolute atomic E-state index is 0.230. The average molecular weight is 554 g/mol. The summed E-state index contributed by atoms with van der Waals surface area (Å²) in [7, 11) is 0. The maximum atomic E-state index is 13.3. The van der Waals surface area contributed by atoms with Gasteiger partial charge >= 0.3 is 20.0 Å². The molecule has 0 aliphatic carbocycles. The third kappa shape index (κ3) is 6.24. The predicted octanol–water partition coefficient (Wildman–Crippen LogP) is 4.20. The molecule has 0 radical (unpaired) electrons. The van der Waals surface area contributed by atoms with Crippen LogP contribution in [0.3, 0.4) is 0 Å². The first kappa shape index (κ1) is 30.1. The van der Waals surface area contributed by atoms with Crippen LogP contribution in [0.4, 0.5) is 13.2 Å². The molecule has 4 N–H and O–H groups in total. The fraction of sp³-hybridized carbons (Fsp3) is 0.125. The molecule has 5 rings (SSSR count). The first-order chi connectivity index (χ1) is 19.8. The monoisotopic (exact) mass is 554 g/mol. The van der Waals surface area contributed by atoms with Crippen LogP contribution >= 0.6 is 0 Å². The first-order valence-corrected chi connectivity index (χ1v) is 13.2. The number of benzene rings is 5.